The molecule has 3 aromatic rings. The number of nitrogens with one attached hydrogen (secondary N) is 1. The molecule has 0 bridgehead atoms. The Hall–Kier alpha value is -1.80. The van der Waals surface area contributed by atoms with Gasteiger partial charge in [0.2, 0.25) is 0 Å². The van der Waals surface area contributed by atoms with Gasteiger partial charge < -0.3 is 9.73 Å². The summed E-state index contributed by atoms with van der Waals surface area (Å²) in [5.41, 5.74) is 1.02. The Balaban J connectivity index is 1.88. The Morgan fingerprint density at radius 3 is 2.68 bits per heavy atom. The number of benzene rings is 2. The zero-order valence-electron chi connectivity index (χ0n) is 10.9. The first-order valence-electron chi connectivity index (χ1n) is 7.04. The molecule has 0 amide bonds. The van der Waals surface area contributed by atoms with Gasteiger partial charge in [-0.3, -0.25) is 0 Å². The second kappa shape index (κ2) is 4.39. The van der Waals surface area contributed by atoms with Crippen LogP contribution in [-0.4, -0.2) is 13.1 Å². The zero-order chi connectivity index (χ0) is 12.7. The highest BCUT2D eigenvalue weighted by atomic mass is 16.3. The summed E-state index contributed by atoms with van der Waals surface area (Å²) < 4.78 is 6.09. The lowest BCUT2D eigenvalue weighted by molar-refractivity contribution is 0.397. The quantitative estimate of drug-likeness (QED) is 0.705. The van der Waals surface area contributed by atoms with Gasteiger partial charge in [0.05, 0.1) is 0 Å². The fourth-order valence-electron chi connectivity index (χ4n) is 3.12. The van der Waals surface area contributed by atoms with Crippen molar-refractivity contribution in [3.05, 3.63) is 48.2 Å². The molecule has 1 aliphatic rings. The molecule has 1 fully saturated rings. The van der Waals surface area contributed by atoms with E-state index in [9.17, 15) is 0 Å². The van der Waals surface area contributed by atoms with Crippen molar-refractivity contribution in [2.45, 2.75) is 18.8 Å². The Morgan fingerprint density at radius 1 is 0.947 bits per heavy atom. The standard InChI is InChI=1S/C17H17NO/c1-2-4-14-12(3-1)5-6-16-15(14)11-17(19-16)13-7-9-18-10-8-13/h1-6,11,13,18H,7-10H2. The van der Waals surface area contributed by atoms with Gasteiger partial charge in [0.25, 0.3) is 0 Å². The molecular weight excluding hydrogens is 234 g/mol. The molecule has 0 unspecified atom stereocenters. The molecule has 96 valence electrons. The molecule has 1 aromatic heterocycles. The molecule has 19 heavy (non-hydrogen) atoms. The normalized spacial score (nSPS) is 17.3. The van der Waals surface area contributed by atoms with Crippen molar-refractivity contribution in [3.63, 3.8) is 0 Å². The molecule has 1 N–H and O–H groups in total. The highest BCUT2D eigenvalue weighted by Crippen LogP contribution is 2.33. The lowest BCUT2D eigenvalue weighted by atomic mass is 9.95. The largest absolute Gasteiger partial charge is 0.461 e. The van der Waals surface area contributed by atoms with Gasteiger partial charge in [0, 0.05) is 11.3 Å². The van der Waals surface area contributed by atoms with Crippen molar-refractivity contribution >= 4 is 21.7 Å². The van der Waals surface area contributed by atoms with Crippen LogP contribution in [0.3, 0.4) is 0 Å². The fourth-order valence-corrected chi connectivity index (χ4v) is 3.12. The smallest absolute Gasteiger partial charge is 0.134 e. The van der Waals surface area contributed by atoms with E-state index in [4.69, 9.17) is 4.42 Å². The second-order valence-corrected chi connectivity index (χ2v) is 5.37. The van der Waals surface area contributed by atoms with Gasteiger partial charge in [-0.05, 0) is 48.8 Å². The Bertz CT molecular complexity index is 722. The molecule has 1 saturated heterocycles. The van der Waals surface area contributed by atoms with E-state index in [1.165, 1.54) is 29.0 Å². The number of piperidine rings is 1. The van der Waals surface area contributed by atoms with Gasteiger partial charge in [-0.1, -0.05) is 30.3 Å². The van der Waals surface area contributed by atoms with Crippen LogP contribution < -0.4 is 5.32 Å². The van der Waals surface area contributed by atoms with Crippen LogP contribution >= 0.6 is 0 Å². The van der Waals surface area contributed by atoms with Crippen LogP contribution in [0.5, 0.6) is 0 Å². The Morgan fingerprint density at radius 2 is 1.79 bits per heavy atom. The summed E-state index contributed by atoms with van der Waals surface area (Å²) in [4.78, 5) is 0. The maximum absolute atomic E-state index is 6.09. The number of hydrogen-bond donors (Lipinski definition) is 1. The molecule has 2 aromatic carbocycles. The average molecular weight is 251 g/mol. The lowest BCUT2D eigenvalue weighted by Gasteiger charge is -2.20. The van der Waals surface area contributed by atoms with E-state index >= 15 is 0 Å². The van der Waals surface area contributed by atoms with E-state index in [0.717, 1.165) is 24.4 Å². The third-order valence-corrected chi connectivity index (χ3v) is 4.19. The van der Waals surface area contributed by atoms with Crippen molar-refractivity contribution in [2.75, 3.05) is 13.1 Å². The summed E-state index contributed by atoms with van der Waals surface area (Å²) in [6.45, 7) is 2.20. The SMILES string of the molecule is c1ccc2c(c1)ccc1oc(C3CCNCC3)cc12. The Kier molecular flexibility index (Phi) is 2.56. The van der Waals surface area contributed by atoms with Crippen molar-refractivity contribution in [1.29, 1.82) is 0 Å². The van der Waals surface area contributed by atoms with E-state index < -0.39 is 0 Å². The van der Waals surface area contributed by atoms with Gasteiger partial charge in [0.15, 0.2) is 0 Å². The first-order chi connectivity index (χ1) is 9.42. The third kappa shape index (κ3) is 1.83. The molecule has 1 aliphatic heterocycles. The third-order valence-electron chi connectivity index (χ3n) is 4.19. The van der Waals surface area contributed by atoms with Gasteiger partial charge in [-0.15, -0.1) is 0 Å². The number of fused-ring (bicyclic) bond motifs is 3. The predicted molar refractivity (Wildman–Crippen MR) is 78.6 cm³/mol. The predicted octanol–water partition coefficient (Wildman–Crippen LogP) is 4.05. The summed E-state index contributed by atoms with van der Waals surface area (Å²) >= 11 is 0. The van der Waals surface area contributed by atoms with Crippen LogP contribution in [0.1, 0.15) is 24.5 Å². The molecule has 0 spiro atoms. The number of furan rings is 1. The minimum atomic E-state index is 0.576. The van der Waals surface area contributed by atoms with E-state index in [-0.39, 0.29) is 0 Å². The van der Waals surface area contributed by atoms with Crippen LogP contribution in [0.25, 0.3) is 21.7 Å². The highest BCUT2D eigenvalue weighted by Gasteiger charge is 2.19. The molecule has 2 heteroatoms. The van der Waals surface area contributed by atoms with Gasteiger partial charge in [0.1, 0.15) is 11.3 Å². The first-order valence-corrected chi connectivity index (χ1v) is 7.04. The van der Waals surface area contributed by atoms with Crippen LogP contribution in [0, 0.1) is 0 Å². The lowest BCUT2D eigenvalue weighted by Crippen LogP contribution is -2.26. The summed E-state index contributed by atoms with van der Waals surface area (Å²) in [6.07, 6.45) is 2.36. The maximum Gasteiger partial charge on any atom is 0.134 e. The monoisotopic (exact) mass is 251 g/mol. The molecule has 4 rings (SSSR count). The molecule has 0 radical (unpaired) electrons. The molecule has 0 saturated carbocycles. The van der Waals surface area contributed by atoms with Crippen LogP contribution in [-0.2, 0) is 0 Å². The van der Waals surface area contributed by atoms with E-state index in [2.05, 4.69) is 47.8 Å². The zero-order valence-corrected chi connectivity index (χ0v) is 10.9. The molecule has 2 nitrogen and oxygen atoms in total. The van der Waals surface area contributed by atoms with E-state index in [0.29, 0.717) is 5.92 Å². The van der Waals surface area contributed by atoms with Crippen LogP contribution in [0.15, 0.2) is 46.9 Å². The van der Waals surface area contributed by atoms with E-state index in [1.807, 2.05) is 0 Å². The first kappa shape index (κ1) is 11.1. The van der Waals surface area contributed by atoms with Crippen molar-refractivity contribution in [1.82, 2.24) is 5.32 Å². The molecule has 0 aliphatic carbocycles. The summed E-state index contributed by atoms with van der Waals surface area (Å²) in [6, 6.07) is 15.0. The van der Waals surface area contributed by atoms with Crippen molar-refractivity contribution < 1.29 is 4.42 Å². The minimum absolute atomic E-state index is 0.576. The van der Waals surface area contributed by atoms with Crippen LogP contribution in [0.2, 0.25) is 0 Å². The average Bonchev–Trinajstić information content (AvgIpc) is 2.93. The maximum atomic E-state index is 6.09. The van der Waals surface area contributed by atoms with Crippen molar-refractivity contribution in [3.8, 4) is 0 Å². The molecular formula is C17H17NO. The van der Waals surface area contributed by atoms with Crippen LogP contribution in [0.4, 0.5) is 0 Å². The number of hydrogen-bond acceptors (Lipinski definition) is 2. The second-order valence-electron chi connectivity index (χ2n) is 5.37. The summed E-state index contributed by atoms with van der Waals surface area (Å²) in [5.74, 6) is 1.74. The number of rotatable bonds is 1. The van der Waals surface area contributed by atoms with Gasteiger partial charge in [-0.25, -0.2) is 0 Å². The molecule has 0 atom stereocenters. The minimum Gasteiger partial charge on any atom is -0.461 e. The molecule has 2 heterocycles. The topological polar surface area (TPSA) is 25.2 Å². The van der Waals surface area contributed by atoms with Gasteiger partial charge in [-0.2, -0.15) is 0 Å². The Labute approximate surface area is 112 Å². The van der Waals surface area contributed by atoms with E-state index in [1.54, 1.807) is 0 Å². The van der Waals surface area contributed by atoms with Gasteiger partial charge >= 0.3 is 0 Å². The fraction of sp³-hybridized carbons (Fsp3) is 0.294. The summed E-state index contributed by atoms with van der Waals surface area (Å²) in [7, 11) is 0. The summed E-state index contributed by atoms with van der Waals surface area (Å²) in [5, 5.41) is 7.24. The highest BCUT2D eigenvalue weighted by molar-refractivity contribution is 6.05. The van der Waals surface area contributed by atoms with Crippen molar-refractivity contribution in [2.24, 2.45) is 0 Å².